The molecule has 2 heterocycles. The molecule has 0 amide bonds. The summed E-state index contributed by atoms with van der Waals surface area (Å²) in [6.07, 6.45) is 2.10. The van der Waals surface area contributed by atoms with E-state index in [9.17, 15) is 0 Å². The molecule has 0 radical (unpaired) electrons. The number of nitrogens with zero attached hydrogens (tertiary/aromatic N) is 5. The molecule has 7 heteroatoms. The number of aromatic nitrogens is 4. The third kappa shape index (κ3) is 4.33. The van der Waals surface area contributed by atoms with Gasteiger partial charge in [0.1, 0.15) is 17.4 Å². The minimum atomic E-state index is -0.204. The highest BCUT2D eigenvalue weighted by molar-refractivity contribution is 6.30. The number of hydrogen-bond donors (Lipinski definition) is 0. The summed E-state index contributed by atoms with van der Waals surface area (Å²) in [6.45, 7) is 3.65. The lowest BCUT2D eigenvalue weighted by molar-refractivity contribution is 0.227. The van der Waals surface area contributed by atoms with Crippen molar-refractivity contribution < 1.29 is 4.42 Å². The average molecular weight is 410 g/mol. The Kier molecular flexibility index (Phi) is 5.92. The van der Waals surface area contributed by atoms with Crippen LogP contribution in [0.5, 0.6) is 0 Å². The first-order valence-corrected chi connectivity index (χ1v) is 10.2. The lowest BCUT2D eigenvalue weighted by Crippen LogP contribution is -2.28. The van der Waals surface area contributed by atoms with Crippen molar-refractivity contribution in [2.75, 3.05) is 7.05 Å². The van der Waals surface area contributed by atoms with Gasteiger partial charge in [-0.05, 0) is 53.7 Å². The van der Waals surface area contributed by atoms with Crippen molar-refractivity contribution in [1.82, 2.24) is 25.1 Å². The van der Waals surface area contributed by atoms with E-state index in [1.807, 2.05) is 47.1 Å². The van der Waals surface area contributed by atoms with Crippen LogP contribution in [0.4, 0.5) is 0 Å². The number of aryl methyl sites for hydroxylation is 1. The molecule has 0 saturated heterocycles. The second kappa shape index (κ2) is 8.76. The van der Waals surface area contributed by atoms with Crippen LogP contribution in [0.15, 0.2) is 59.0 Å². The van der Waals surface area contributed by atoms with Crippen molar-refractivity contribution in [2.45, 2.75) is 38.9 Å². The smallest absolute Gasteiger partial charge is 0.176 e. The van der Waals surface area contributed by atoms with Gasteiger partial charge in [0, 0.05) is 23.5 Å². The summed E-state index contributed by atoms with van der Waals surface area (Å²) in [5.74, 6) is 1.61. The van der Waals surface area contributed by atoms with Gasteiger partial charge in [0.05, 0.1) is 0 Å². The summed E-state index contributed by atoms with van der Waals surface area (Å²) in [7, 11) is 2.06. The lowest BCUT2D eigenvalue weighted by Gasteiger charge is -2.25. The van der Waals surface area contributed by atoms with Crippen molar-refractivity contribution in [3.63, 3.8) is 0 Å². The zero-order valence-corrected chi connectivity index (χ0v) is 17.4. The first-order valence-electron chi connectivity index (χ1n) is 9.85. The van der Waals surface area contributed by atoms with E-state index in [2.05, 4.69) is 46.5 Å². The molecule has 0 spiro atoms. The van der Waals surface area contributed by atoms with Crippen LogP contribution in [0.25, 0.3) is 11.0 Å². The van der Waals surface area contributed by atoms with Gasteiger partial charge in [-0.3, -0.25) is 4.90 Å². The van der Waals surface area contributed by atoms with Crippen LogP contribution < -0.4 is 0 Å². The summed E-state index contributed by atoms with van der Waals surface area (Å²) in [6, 6.07) is 17.8. The molecule has 1 unspecified atom stereocenters. The molecule has 0 saturated carbocycles. The Morgan fingerprint density at radius 3 is 2.69 bits per heavy atom. The number of fused-ring (bicyclic) bond motifs is 1. The van der Waals surface area contributed by atoms with E-state index in [1.54, 1.807) is 0 Å². The standard InChI is InChI=1S/C22H24ClN5O/c1-3-4-13-28-22(24-25-26-28)21(20-14-17-7-5-6-8-19(17)29-20)27(2)15-16-9-11-18(23)12-10-16/h5-12,14,21H,3-4,13,15H2,1-2H3. The number of halogens is 1. The van der Waals surface area contributed by atoms with Gasteiger partial charge in [0.15, 0.2) is 5.82 Å². The zero-order chi connectivity index (χ0) is 20.2. The van der Waals surface area contributed by atoms with Gasteiger partial charge in [-0.1, -0.05) is 55.3 Å². The van der Waals surface area contributed by atoms with E-state index in [1.165, 1.54) is 0 Å². The van der Waals surface area contributed by atoms with Crippen molar-refractivity contribution in [3.8, 4) is 0 Å². The fraction of sp³-hybridized carbons (Fsp3) is 0.318. The molecular formula is C22H24ClN5O. The highest BCUT2D eigenvalue weighted by Crippen LogP contribution is 2.32. The molecule has 0 aliphatic heterocycles. The molecule has 0 aliphatic carbocycles. The molecule has 2 aromatic carbocycles. The SMILES string of the molecule is CCCCn1nnnc1C(c1cc2ccccc2o1)N(C)Cc1ccc(Cl)cc1. The van der Waals surface area contributed by atoms with E-state index in [4.69, 9.17) is 16.0 Å². The van der Waals surface area contributed by atoms with Crippen molar-refractivity contribution in [3.05, 3.63) is 76.8 Å². The first kappa shape index (κ1) is 19.6. The van der Waals surface area contributed by atoms with Crippen LogP contribution in [0, 0.1) is 0 Å². The Morgan fingerprint density at radius 2 is 1.93 bits per heavy atom. The number of rotatable bonds is 8. The van der Waals surface area contributed by atoms with E-state index < -0.39 is 0 Å². The van der Waals surface area contributed by atoms with Gasteiger partial charge < -0.3 is 4.42 Å². The number of para-hydroxylation sites is 1. The molecule has 150 valence electrons. The van der Waals surface area contributed by atoms with Crippen LogP contribution in [-0.4, -0.2) is 32.2 Å². The zero-order valence-electron chi connectivity index (χ0n) is 16.6. The molecule has 0 aliphatic rings. The summed E-state index contributed by atoms with van der Waals surface area (Å²) >= 11 is 6.04. The Labute approximate surface area is 175 Å². The van der Waals surface area contributed by atoms with E-state index in [0.717, 1.165) is 52.5 Å². The molecule has 0 bridgehead atoms. The second-order valence-electron chi connectivity index (χ2n) is 7.24. The van der Waals surface area contributed by atoms with Crippen LogP contribution in [0.2, 0.25) is 5.02 Å². The number of hydrogen-bond acceptors (Lipinski definition) is 5. The lowest BCUT2D eigenvalue weighted by atomic mass is 10.1. The van der Waals surface area contributed by atoms with Gasteiger partial charge in [-0.2, -0.15) is 0 Å². The predicted molar refractivity (Wildman–Crippen MR) is 114 cm³/mol. The highest BCUT2D eigenvalue weighted by Gasteiger charge is 2.29. The summed E-state index contributed by atoms with van der Waals surface area (Å²) in [5.41, 5.74) is 2.02. The Balaban J connectivity index is 1.72. The van der Waals surface area contributed by atoms with E-state index in [-0.39, 0.29) is 6.04 Å². The predicted octanol–water partition coefficient (Wildman–Crippen LogP) is 5.09. The molecule has 1 atom stereocenters. The van der Waals surface area contributed by atoms with Crippen LogP contribution in [0.1, 0.15) is 43.0 Å². The number of unbranched alkanes of at least 4 members (excludes halogenated alkanes) is 1. The number of tetrazole rings is 1. The maximum atomic E-state index is 6.22. The Hall–Kier alpha value is -2.70. The third-order valence-electron chi connectivity index (χ3n) is 5.03. The molecule has 6 nitrogen and oxygen atoms in total. The molecule has 0 N–H and O–H groups in total. The monoisotopic (exact) mass is 409 g/mol. The average Bonchev–Trinajstić information content (AvgIpc) is 3.35. The summed E-state index contributed by atoms with van der Waals surface area (Å²) in [4.78, 5) is 2.20. The molecule has 4 rings (SSSR count). The minimum Gasteiger partial charge on any atom is -0.459 e. The van der Waals surface area contributed by atoms with Gasteiger partial charge >= 0.3 is 0 Å². The van der Waals surface area contributed by atoms with E-state index >= 15 is 0 Å². The van der Waals surface area contributed by atoms with Crippen molar-refractivity contribution in [1.29, 1.82) is 0 Å². The van der Waals surface area contributed by atoms with Gasteiger partial charge in [0.25, 0.3) is 0 Å². The molecule has 29 heavy (non-hydrogen) atoms. The minimum absolute atomic E-state index is 0.204. The largest absolute Gasteiger partial charge is 0.459 e. The summed E-state index contributed by atoms with van der Waals surface area (Å²) in [5, 5.41) is 14.4. The number of benzene rings is 2. The maximum absolute atomic E-state index is 6.22. The molecular weight excluding hydrogens is 386 g/mol. The Morgan fingerprint density at radius 1 is 1.14 bits per heavy atom. The van der Waals surface area contributed by atoms with E-state index in [0.29, 0.717) is 6.54 Å². The van der Waals surface area contributed by atoms with Gasteiger partial charge in [-0.15, -0.1) is 5.10 Å². The van der Waals surface area contributed by atoms with Gasteiger partial charge in [-0.25, -0.2) is 4.68 Å². The third-order valence-corrected chi connectivity index (χ3v) is 5.28. The fourth-order valence-corrected chi connectivity index (χ4v) is 3.65. The first-order chi connectivity index (χ1) is 14.2. The number of furan rings is 1. The maximum Gasteiger partial charge on any atom is 0.176 e. The van der Waals surface area contributed by atoms with Crippen LogP contribution >= 0.6 is 11.6 Å². The fourth-order valence-electron chi connectivity index (χ4n) is 3.52. The molecule has 0 fully saturated rings. The Bertz CT molecular complexity index is 1040. The quantitative estimate of drug-likeness (QED) is 0.405. The summed E-state index contributed by atoms with van der Waals surface area (Å²) < 4.78 is 8.11. The normalized spacial score (nSPS) is 12.7. The van der Waals surface area contributed by atoms with Crippen LogP contribution in [-0.2, 0) is 13.1 Å². The van der Waals surface area contributed by atoms with Crippen molar-refractivity contribution >= 4 is 22.6 Å². The van der Waals surface area contributed by atoms with Crippen molar-refractivity contribution in [2.24, 2.45) is 0 Å². The second-order valence-corrected chi connectivity index (χ2v) is 7.68. The van der Waals surface area contributed by atoms with Gasteiger partial charge in [0.2, 0.25) is 0 Å². The highest BCUT2D eigenvalue weighted by atomic mass is 35.5. The molecule has 2 aromatic heterocycles. The molecule has 4 aromatic rings. The van der Waals surface area contributed by atoms with Crippen LogP contribution in [0.3, 0.4) is 0 Å². The topological polar surface area (TPSA) is 60.0 Å².